The Morgan fingerprint density at radius 2 is 2.16 bits per heavy atom. The van der Waals surface area contributed by atoms with Crippen molar-refractivity contribution in [2.24, 2.45) is 5.92 Å². The minimum absolute atomic E-state index is 0.0154. The van der Waals surface area contributed by atoms with Crippen molar-refractivity contribution in [1.82, 2.24) is 20.4 Å². The molecule has 0 radical (unpaired) electrons. The molecule has 0 unspecified atom stereocenters. The quantitative estimate of drug-likeness (QED) is 0.429. The van der Waals surface area contributed by atoms with Crippen molar-refractivity contribution in [2.75, 3.05) is 25.4 Å². The Morgan fingerprint density at radius 3 is 2.91 bits per heavy atom. The van der Waals surface area contributed by atoms with E-state index in [0.717, 1.165) is 30.8 Å². The molecule has 0 spiro atoms. The lowest BCUT2D eigenvalue weighted by atomic mass is 9.96. The van der Waals surface area contributed by atoms with Gasteiger partial charge in [-0.3, -0.25) is 9.69 Å². The number of thioether (sulfide) groups is 1. The normalized spacial score (nSPS) is 15.2. The van der Waals surface area contributed by atoms with Crippen LogP contribution in [0, 0.1) is 11.7 Å². The Morgan fingerprint density at radius 1 is 1.31 bits per heavy atom. The van der Waals surface area contributed by atoms with Crippen molar-refractivity contribution in [3.8, 4) is 10.7 Å². The molecule has 0 saturated carbocycles. The van der Waals surface area contributed by atoms with Gasteiger partial charge in [0, 0.05) is 34.6 Å². The van der Waals surface area contributed by atoms with E-state index in [9.17, 15) is 9.18 Å². The number of nitrogens with one attached hydrogen (secondary N) is 1. The van der Waals surface area contributed by atoms with Gasteiger partial charge in [-0.15, -0.1) is 11.3 Å². The van der Waals surface area contributed by atoms with Gasteiger partial charge in [0.25, 0.3) is 0 Å². The van der Waals surface area contributed by atoms with Gasteiger partial charge in [0.15, 0.2) is 0 Å². The average Bonchev–Trinajstić information content (AvgIpc) is 3.48. The summed E-state index contributed by atoms with van der Waals surface area (Å²) in [5.41, 5.74) is 0.515. The number of carbonyl (C=O) groups is 1. The lowest BCUT2D eigenvalue weighted by Crippen LogP contribution is -2.40. The smallest absolute Gasteiger partial charge is 0.241 e. The number of nitrogens with zero attached hydrogens (tertiary/aromatic N) is 3. The van der Waals surface area contributed by atoms with Gasteiger partial charge in [0.2, 0.25) is 17.6 Å². The fraction of sp³-hybridized carbons (Fsp3) is 0.409. The SMILES string of the molecule is O=C(NCCSCc1c(F)cccc1Cl)C1CCN(Cc2nc(-c3cccs3)no2)CC1. The Kier molecular flexibility index (Phi) is 8.18. The number of benzene rings is 1. The van der Waals surface area contributed by atoms with E-state index in [1.807, 2.05) is 17.5 Å². The number of carbonyl (C=O) groups excluding carboxylic acids is 1. The summed E-state index contributed by atoms with van der Waals surface area (Å²) in [6, 6.07) is 8.63. The highest BCUT2D eigenvalue weighted by Crippen LogP contribution is 2.25. The van der Waals surface area contributed by atoms with E-state index >= 15 is 0 Å². The molecular formula is C22H24ClFN4O2S2. The van der Waals surface area contributed by atoms with E-state index in [4.69, 9.17) is 16.1 Å². The maximum Gasteiger partial charge on any atom is 0.241 e. The zero-order chi connectivity index (χ0) is 22.3. The van der Waals surface area contributed by atoms with Crippen molar-refractivity contribution in [2.45, 2.75) is 25.1 Å². The zero-order valence-electron chi connectivity index (χ0n) is 17.4. The zero-order valence-corrected chi connectivity index (χ0v) is 19.8. The number of piperidine rings is 1. The van der Waals surface area contributed by atoms with Crippen LogP contribution in [0.25, 0.3) is 10.7 Å². The highest BCUT2D eigenvalue weighted by Gasteiger charge is 2.25. The summed E-state index contributed by atoms with van der Waals surface area (Å²) in [5.74, 6) is 2.24. The molecule has 170 valence electrons. The number of halogens is 2. The molecule has 0 bridgehead atoms. The molecule has 6 nitrogen and oxygen atoms in total. The number of amides is 1. The molecule has 3 heterocycles. The third-order valence-corrected chi connectivity index (χ3v) is 7.59. The van der Waals surface area contributed by atoms with Crippen LogP contribution in [0.2, 0.25) is 5.02 Å². The van der Waals surface area contributed by atoms with E-state index in [1.54, 1.807) is 35.2 Å². The van der Waals surface area contributed by atoms with Gasteiger partial charge in [-0.2, -0.15) is 16.7 Å². The molecule has 1 fully saturated rings. The van der Waals surface area contributed by atoms with Gasteiger partial charge in [0.1, 0.15) is 5.82 Å². The Bertz CT molecular complexity index is 1000. The first-order valence-corrected chi connectivity index (χ1v) is 12.9. The van der Waals surface area contributed by atoms with Crippen LogP contribution in [0.3, 0.4) is 0 Å². The molecule has 10 heteroatoms. The Balaban J connectivity index is 1.13. The van der Waals surface area contributed by atoms with Crippen LogP contribution in [0.4, 0.5) is 4.39 Å². The monoisotopic (exact) mass is 494 g/mol. The molecule has 1 aliphatic rings. The molecule has 2 aromatic heterocycles. The van der Waals surface area contributed by atoms with E-state index in [1.165, 1.54) is 6.07 Å². The first-order valence-electron chi connectivity index (χ1n) is 10.5. The van der Waals surface area contributed by atoms with E-state index in [-0.39, 0.29) is 17.6 Å². The molecule has 32 heavy (non-hydrogen) atoms. The second kappa shape index (κ2) is 11.3. The van der Waals surface area contributed by atoms with Crippen molar-refractivity contribution >= 4 is 40.6 Å². The highest BCUT2D eigenvalue weighted by atomic mass is 35.5. The second-order valence-corrected chi connectivity index (χ2v) is 10.0. The van der Waals surface area contributed by atoms with Crippen molar-refractivity contribution in [3.05, 3.63) is 58.0 Å². The number of rotatable bonds is 9. The van der Waals surface area contributed by atoms with Gasteiger partial charge in [-0.25, -0.2) is 4.39 Å². The molecule has 4 rings (SSSR count). The fourth-order valence-corrected chi connectivity index (χ4v) is 5.45. The number of hydrogen-bond donors (Lipinski definition) is 1. The minimum atomic E-state index is -0.288. The minimum Gasteiger partial charge on any atom is -0.355 e. The van der Waals surface area contributed by atoms with Crippen molar-refractivity contribution in [3.63, 3.8) is 0 Å². The summed E-state index contributed by atoms with van der Waals surface area (Å²) in [6.07, 6.45) is 1.60. The summed E-state index contributed by atoms with van der Waals surface area (Å²) in [4.78, 5) is 20.2. The molecule has 1 saturated heterocycles. The third kappa shape index (κ3) is 6.10. The second-order valence-electron chi connectivity index (χ2n) is 7.58. The largest absolute Gasteiger partial charge is 0.355 e. The van der Waals surface area contributed by atoms with E-state index < -0.39 is 0 Å². The molecule has 3 aromatic rings. The van der Waals surface area contributed by atoms with Crippen LogP contribution in [0.5, 0.6) is 0 Å². The van der Waals surface area contributed by atoms with Gasteiger partial charge in [0.05, 0.1) is 11.4 Å². The van der Waals surface area contributed by atoms with Crippen LogP contribution >= 0.6 is 34.7 Å². The third-order valence-electron chi connectivity index (χ3n) is 5.38. The molecule has 0 atom stereocenters. The summed E-state index contributed by atoms with van der Waals surface area (Å²) < 4.78 is 19.2. The Hall–Kier alpha value is -1.94. The lowest BCUT2D eigenvalue weighted by Gasteiger charge is -2.30. The topological polar surface area (TPSA) is 71.3 Å². The number of thiophene rings is 1. The van der Waals surface area contributed by atoms with Crippen molar-refractivity contribution < 1.29 is 13.7 Å². The van der Waals surface area contributed by atoms with E-state index in [0.29, 0.717) is 46.9 Å². The summed E-state index contributed by atoms with van der Waals surface area (Å²) >= 11 is 9.18. The molecule has 1 aliphatic heterocycles. The maximum atomic E-state index is 13.8. The van der Waals surface area contributed by atoms with Crippen LogP contribution in [0.15, 0.2) is 40.2 Å². The van der Waals surface area contributed by atoms with E-state index in [2.05, 4.69) is 20.4 Å². The van der Waals surface area contributed by atoms with Gasteiger partial charge >= 0.3 is 0 Å². The van der Waals surface area contributed by atoms with Gasteiger partial charge < -0.3 is 9.84 Å². The van der Waals surface area contributed by atoms with Crippen LogP contribution in [-0.4, -0.2) is 46.3 Å². The van der Waals surface area contributed by atoms with Crippen LogP contribution in [-0.2, 0) is 17.1 Å². The molecule has 1 amide bonds. The Labute approximate surface area is 199 Å². The fourth-order valence-electron chi connectivity index (χ4n) is 3.60. The van der Waals surface area contributed by atoms with Crippen LogP contribution < -0.4 is 5.32 Å². The maximum absolute atomic E-state index is 13.8. The predicted molar refractivity (Wildman–Crippen MR) is 126 cm³/mol. The number of aromatic nitrogens is 2. The standard InChI is InChI=1S/C22H24ClFN4O2S2/c23-17-3-1-4-18(24)16(17)14-31-12-8-25-22(29)15-6-9-28(10-7-15)13-20-26-21(27-30-20)19-5-2-11-32-19/h1-5,11,15H,6-10,12-14H2,(H,25,29). The first kappa shape index (κ1) is 23.2. The summed E-state index contributed by atoms with van der Waals surface area (Å²) in [6.45, 7) is 2.79. The first-order chi connectivity index (χ1) is 15.6. The summed E-state index contributed by atoms with van der Waals surface area (Å²) in [7, 11) is 0. The average molecular weight is 495 g/mol. The van der Waals surface area contributed by atoms with Crippen molar-refractivity contribution in [1.29, 1.82) is 0 Å². The predicted octanol–water partition coefficient (Wildman–Crippen LogP) is 4.85. The van der Waals surface area contributed by atoms with Crippen LogP contribution in [0.1, 0.15) is 24.3 Å². The van der Waals surface area contributed by atoms with Gasteiger partial charge in [-0.1, -0.05) is 28.9 Å². The molecular weight excluding hydrogens is 471 g/mol. The lowest BCUT2D eigenvalue weighted by molar-refractivity contribution is -0.126. The van der Waals surface area contributed by atoms with Gasteiger partial charge in [-0.05, 0) is 49.5 Å². The molecule has 1 N–H and O–H groups in total. The number of likely N-dealkylation sites (tertiary alicyclic amines) is 1. The summed E-state index contributed by atoms with van der Waals surface area (Å²) in [5, 5.41) is 9.48. The molecule has 0 aliphatic carbocycles. The number of hydrogen-bond acceptors (Lipinski definition) is 7. The highest BCUT2D eigenvalue weighted by molar-refractivity contribution is 7.98. The molecule has 1 aromatic carbocycles.